The second kappa shape index (κ2) is 4.18. The van der Waals surface area contributed by atoms with Crippen LogP contribution in [0.2, 0.25) is 0 Å². The maximum Gasteiger partial charge on any atom is 0.328 e. The number of aryl methyl sites for hydroxylation is 1. The van der Waals surface area contributed by atoms with Crippen LogP contribution in [-0.2, 0) is 13.0 Å². The van der Waals surface area contributed by atoms with Crippen molar-refractivity contribution in [1.82, 2.24) is 14.7 Å². The summed E-state index contributed by atoms with van der Waals surface area (Å²) in [5.41, 5.74) is 0.602. The maximum atomic E-state index is 11.5. The number of rotatable bonds is 3. The molecule has 0 aliphatic heterocycles. The van der Waals surface area contributed by atoms with Gasteiger partial charge in [-0.1, -0.05) is 12.1 Å². The Bertz CT molecular complexity index is 580. The lowest BCUT2D eigenvalue weighted by Gasteiger charge is -2.04. The van der Waals surface area contributed by atoms with Crippen LogP contribution in [0, 0.1) is 0 Å². The lowest BCUT2D eigenvalue weighted by atomic mass is 10.2. The van der Waals surface area contributed by atoms with E-state index in [4.69, 9.17) is 0 Å². The second-order valence-corrected chi connectivity index (χ2v) is 3.43. The molecule has 0 bridgehead atoms. The number of nitrogens with zero attached hydrogens (tertiary/aromatic N) is 2. The van der Waals surface area contributed by atoms with Crippen molar-refractivity contribution in [2.24, 2.45) is 0 Å². The van der Waals surface area contributed by atoms with Crippen LogP contribution >= 0.6 is 0 Å². The van der Waals surface area contributed by atoms with Gasteiger partial charge in [-0.25, -0.2) is 4.79 Å². The molecule has 2 aromatic heterocycles. The Hall–Kier alpha value is -2.11. The third-order valence-corrected chi connectivity index (χ3v) is 2.30. The Morgan fingerprint density at radius 1 is 1.50 bits per heavy atom. The van der Waals surface area contributed by atoms with Gasteiger partial charge < -0.3 is 4.52 Å². The van der Waals surface area contributed by atoms with Crippen LogP contribution in [0.1, 0.15) is 18.1 Å². The van der Waals surface area contributed by atoms with E-state index >= 15 is 0 Å². The monoisotopic (exact) mass is 221 g/mol. The van der Waals surface area contributed by atoms with Crippen molar-refractivity contribution in [3.8, 4) is 0 Å². The number of aromatic nitrogens is 3. The summed E-state index contributed by atoms with van der Waals surface area (Å²) >= 11 is 0. The predicted octanol–water partition coefficient (Wildman–Crippen LogP) is 0.135. The molecular formula is C10H11N3O3. The van der Waals surface area contributed by atoms with Crippen molar-refractivity contribution in [2.75, 3.05) is 0 Å². The fraction of sp³-hybridized carbons (Fsp3) is 0.300. The van der Waals surface area contributed by atoms with Gasteiger partial charge in [0.1, 0.15) is 6.26 Å². The summed E-state index contributed by atoms with van der Waals surface area (Å²) in [4.78, 5) is 25.1. The molecule has 16 heavy (non-hydrogen) atoms. The van der Waals surface area contributed by atoms with E-state index < -0.39 is 5.69 Å². The van der Waals surface area contributed by atoms with Crippen LogP contribution in [0.3, 0.4) is 0 Å². The van der Waals surface area contributed by atoms with Gasteiger partial charge in [-0.3, -0.25) is 14.3 Å². The molecule has 0 aliphatic rings. The van der Waals surface area contributed by atoms with Crippen LogP contribution in [-0.4, -0.2) is 14.7 Å². The summed E-state index contributed by atoms with van der Waals surface area (Å²) < 4.78 is 6.09. The lowest BCUT2D eigenvalue weighted by Crippen LogP contribution is -2.31. The number of nitrogens with one attached hydrogen (secondary N) is 1. The molecule has 0 saturated carbocycles. The van der Waals surface area contributed by atoms with Gasteiger partial charge in [0.25, 0.3) is 5.56 Å². The first-order valence-corrected chi connectivity index (χ1v) is 4.91. The average Bonchev–Trinajstić information content (AvgIpc) is 2.75. The number of aromatic amines is 1. The van der Waals surface area contributed by atoms with Gasteiger partial charge in [0, 0.05) is 17.3 Å². The fourth-order valence-electron chi connectivity index (χ4n) is 1.43. The van der Waals surface area contributed by atoms with Crippen molar-refractivity contribution in [1.29, 1.82) is 0 Å². The van der Waals surface area contributed by atoms with Gasteiger partial charge in [0.15, 0.2) is 0 Å². The minimum atomic E-state index is -0.427. The zero-order valence-electron chi connectivity index (χ0n) is 8.77. The van der Waals surface area contributed by atoms with Crippen LogP contribution in [0.15, 0.2) is 32.8 Å². The SMILES string of the molecule is CCc1cn(Cc2cnoc2)c(=O)[nH]c1=O. The van der Waals surface area contributed by atoms with Crippen molar-refractivity contribution < 1.29 is 4.52 Å². The molecule has 0 aliphatic carbocycles. The van der Waals surface area contributed by atoms with Crippen molar-refractivity contribution >= 4 is 0 Å². The maximum absolute atomic E-state index is 11.5. The highest BCUT2D eigenvalue weighted by Crippen LogP contribution is 1.99. The Kier molecular flexibility index (Phi) is 2.72. The van der Waals surface area contributed by atoms with E-state index in [2.05, 4.69) is 14.7 Å². The molecule has 0 radical (unpaired) electrons. The van der Waals surface area contributed by atoms with Gasteiger partial charge in [0.05, 0.1) is 12.7 Å². The molecule has 0 unspecified atom stereocenters. The smallest absolute Gasteiger partial charge is 0.328 e. The highest BCUT2D eigenvalue weighted by atomic mass is 16.5. The van der Waals surface area contributed by atoms with Crippen molar-refractivity contribution in [3.63, 3.8) is 0 Å². The molecule has 6 heteroatoms. The summed E-state index contributed by atoms with van der Waals surface area (Å²) in [6.45, 7) is 2.20. The first-order valence-electron chi connectivity index (χ1n) is 4.91. The number of H-pyrrole nitrogens is 1. The summed E-state index contributed by atoms with van der Waals surface area (Å²) in [6.07, 6.45) is 5.14. The van der Waals surface area contributed by atoms with Crippen LogP contribution < -0.4 is 11.2 Å². The topological polar surface area (TPSA) is 80.9 Å². The van der Waals surface area contributed by atoms with E-state index in [1.54, 1.807) is 6.20 Å². The Balaban J connectivity index is 2.41. The third kappa shape index (κ3) is 1.95. The van der Waals surface area contributed by atoms with Gasteiger partial charge in [0.2, 0.25) is 0 Å². The highest BCUT2D eigenvalue weighted by Gasteiger charge is 2.04. The normalized spacial score (nSPS) is 10.6. The van der Waals surface area contributed by atoms with Crippen LogP contribution in [0.5, 0.6) is 0 Å². The molecule has 0 fully saturated rings. The summed E-state index contributed by atoms with van der Waals surface area (Å²) in [5, 5.41) is 3.55. The third-order valence-electron chi connectivity index (χ3n) is 2.30. The van der Waals surface area contributed by atoms with Crippen LogP contribution in [0.25, 0.3) is 0 Å². The zero-order chi connectivity index (χ0) is 11.5. The van der Waals surface area contributed by atoms with Gasteiger partial charge >= 0.3 is 5.69 Å². The lowest BCUT2D eigenvalue weighted by molar-refractivity contribution is 0.418. The van der Waals surface area contributed by atoms with Gasteiger partial charge in [-0.15, -0.1) is 0 Å². The molecule has 0 amide bonds. The number of hydrogen-bond acceptors (Lipinski definition) is 4. The Morgan fingerprint density at radius 3 is 2.94 bits per heavy atom. The Morgan fingerprint density at radius 2 is 2.31 bits per heavy atom. The molecule has 0 spiro atoms. The summed E-state index contributed by atoms with van der Waals surface area (Å²) in [5.74, 6) is 0. The van der Waals surface area contributed by atoms with Gasteiger partial charge in [-0.05, 0) is 6.42 Å². The van der Waals surface area contributed by atoms with E-state index in [0.717, 1.165) is 5.56 Å². The van der Waals surface area contributed by atoms with Crippen LogP contribution in [0.4, 0.5) is 0 Å². The molecule has 1 N–H and O–H groups in total. The van der Waals surface area contributed by atoms with Crippen molar-refractivity contribution in [2.45, 2.75) is 19.9 Å². The average molecular weight is 221 g/mol. The minimum Gasteiger partial charge on any atom is -0.364 e. The van der Waals surface area contributed by atoms with Crippen molar-refractivity contribution in [3.05, 3.63) is 50.6 Å². The first-order chi connectivity index (χ1) is 7.70. The molecular weight excluding hydrogens is 210 g/mol. The van der Waals surface area contributed by atoms with E-state index in [1.807, 2.05) is 6.92 Å². The number of hydrogen-bond donors (Lipinski definition) is 1. The molecule has 6 nitrogen and oxygen atoms in total. The molecule has 2 rings (SSSR count). The molecule has 84 valence electrons. The fourth-order valence-corrected chi connectivity index (χ4v) is 1.43. The van der Waals surface area contributed by atoms with E-state index in [0.29, 0.717) is 18.5 Å². The van der Waals surface area contributed by atoms with Gasteiger partial charge in [-0.2, -0.15) is 0 Å². The van der Waals surface area contributed by atoms with E-state index in [-0.39, 0.29) is 5.56 Å². The molecule has 2 aromatic rings. The summed E-state index contributed by atoms with van der Waals surface area (Å²) in [6, 6.07) is 0. The predicted molar refractivity (Wildman–Crippen MR) is 56.3 cm³/mol. The molecule has 0 saturated heterocycles. The first kappa shape index (κ1) is 10.4. The van der Waals surface area contributed by atoms with E-state index in [1.165, 1.54) is 17.0 Å². The Labute approximate surface area is 90.5 Å². The molecule has 0 aromatic carbocycles. The van der Waals surface area contributed by atoms with E-state index in [9.17, 15) is 9.59 Å². The molecule has 0 atom stereocenters. The zero-order valence-corrected chi connectivity index (χ0v) is 8.77. The second-order valence-electron chi connectivity index (χ2n) is 3.43. The standard InChI is InChI=1S/C10H11N3O3/c1-2-8-5-13(10(15)12-9(8)14)4-7-3-11-16-6-7/h3,5-6H,2,4H2,1H3,(H,12,14,15). The quantitative estimate of drug-likeness (QED) is 0.799. The largest absolute Gasteiger partial charge is 0.364 e. The summed E-state index contributed by atoms with van der Waals surface area (Å²) in [7, 11) is 0. The minimum absolute atomic E-state index is 0.325. The molecule has 2 heterocycles. The highest BCUT2D eigenvalue weighted by molar-refractivity contribution is 5.07.